The number of carbonyl (C=O) groups is 2. The number of hydrogen-bond acceptors (Lipinski definition) is 7. The fourth-order valence-electron chi connectivity index (χ4n) is 5.16. The number of carbonyl (C=O) groups excluding carboxylic acids is 2. The first kappa shape index (κ1) is 26.5. The molecular formula is C31H29N3O5S. The smallest absolute Gasteiger partial charge is 0.266 e. The van der Waals surface area contributed by atoms with Gasteiger partial charge in [-0.2, -0.15) is 0 Å². The van der Waals surface area contributed by atoms with Gasteiger partial charge in [-0.05, 0) is 35.4 Å². The molecule has 3 aromatic carbocycles. The van der Waals surface area contributed by atoms with Crippen molar-refractivity contribution in [3.8, 4) is 0 Å². The van der Waals surface area contributed by atoms with Crippen LogP contribution in [-0.2, 0) is 23.1 Å². The Morgan fingerprint density at radius 2 is 1.55 bits per heavy atom. The molecule has 4 unspecified atom stereocenters. The summed E-state index contributed by atoms with van der Waals surface area (Å²) >= 11 is 1.63. The molecule has 40 heavy (non-hydrogen) atoms. The third-order valence-corrected chi connectivity index (χ3v) is 8.64. The van der Waals surface area contributed by atoms with Gasteiger partial charge in [0.1, 0.15) is 0 Å². The molecule has 9 heteroatoms. The van der Waals surface area contributed by atoms with Gasteiger partial charge in [-0.15, -0.1) is 0 Å². The second kappa shape index (κ2) is 11.0. The Balaban J connectivity index is 1.26. The maximum absolute atomic E-state index is 12.9. The number of imide groups is 1. The molecule has 2 amide bonds. The number of aliphatic hydroxyl groups excluding tert-OH is 1. The number of benzene rings is 3. The Morgan fingerprint density at radius 3 is 2.15 bits per heavy atom. The van der Waals surface area contributed by atoms with Gasteiger partial charge in [0.2, 0.25) is 0 Å². The maximum atomic E-state index is 12.9. The molecule has 2 aliphatic rings. The van der Waals surface area contributed by atoms with Crippen LogP contribution in [0.2, 0.25) is 0 Å². The zero-order chi connectivity index (χ0) is 27.8. The lowest BCUT2D eigenvalue weighted by molar-refractivity contribution is -0.268. The summed E-state index contributed by atoms with van der Waals surface area (Å²) in [6, 6.07) is 21.8. The molecule has 8 nitrogen and oxygen atoms in total. The maximum Gasteiger partial charge on any atom is 0.266 e. The average Bonchev–Trinajstić information content (AvgIpc) is 3.52. The Kier molecular flexibility index (Phi) is 7.29. The Hall–Kier alpha value is -3.76. The van der Waals surface area contributed by atoms with E-state index in [-0.39, 0.29) is 36.5 Å². The van der Waals surface area contributed by atoms with Gasteiger partial charge >= 0.3 is 0 Å². The van der Waals surface area contributed by atoms with Crippen LogP contribution in [0.4, 0.5) is 5.69 Å². The van der Waals surface area contributed by atoms with Gasteiger partial charge in [0.25, 0.3) is 11.8 Å². The van der Waals surface area contributed by atoms with Crippen LogP contribution in [0.25, 0.3) is 0 Å². The van der Waals surface area contributed by atoms with Crippen molar-refractivity contribution < 1.29 is 24.2 Å². The number of aryl methyl sites for hydroxylation is 1. The molecule has 1 saturated heterocycles. The van der Waals surface area contributed by atoms with E-state index in [1.54, 1.807) is 54.4 Å². The number of hydrogen-bond donors (Lipinski definition) is 1. The van der Waals surface area contributed by atoms with E-state index in [9.17, 15) is 14.7 Å². The zero-order valence-corrected chi connectivity index (χ0v) is 23.0. The highest BCUT2D eigenvalue weighted by molar-refractivity contribution is 7.99. The molecule has 1 N–H and O–H groups in total. The number of ether oxygens (including phenoxy) is 2. The zero-order valence-electron chi connectivity index (χ0n) is 22.1. The van der Waals surface area contributed by atoms with Crippen molar-refractivity contribution in [2.45, 2.75) is 37.2 Å². The first-order valence-electron chi connectivity index (χ1n) is 13.1. The van der Waals surface area contributed by atoms with E-state index in [0.29, 0.717) is 22.6 Å². The van der Waals surface area contributed by atoms with Gasteiger partial charge in [-0.1, -0.05) is 67.2 Å². The van der Waals surface area contributed by atoms with Crippen molar-refractivity contribution in [3.63, 3.8) is 0 Å². The molecule has 0 bridgehead atoms. The van der Waals surface area contributed by atoms with E-state index >= 15 is 0 Å². The summed E-state index contributed by atoms with van der Waals surface area (Å²) in [4.78, 5) is 31.5. The molecule has 0 aliphatic carbocycles. The largest absolute Gasteiger partial charge is 0.392 e. The summed E-state index contributed by atoms with van der Waals surface area (Å²) in [6.07, 6.45) is 2.66. The van der Waals surface area contributed by atoms with Crippen LogP contribution in [0.3, 0.4) is 0 Å². The number of fused-ring (bicyclic) bond motifs is 1. The van der Waals surface area contributed by atoms with Crippen LogP contribution in [-0.4, -0.2) is 38.3 Å². The van der Waals surface area contributed by atoms with Gasteiger partial charge < -0.3 is 19.1 Å². The number of imidazole rings is 1. The van der Waals surface area contributed by atoms with Crippen molar-refractivity contribution in [2.24, 2.45) is 13.0 Å². The molecule has 204 valence electrons. The summed E-state index contributed by atoms with van der Waals surface area (Å²) in [5.41, 5.74) is 3.95. The molecule has 6 rings (SSSR count). The van der Waals surface area contributed by atoms with E-state index in [0.717, 1.165) is 21.8 Å². The van der Waals surface area contributed by atoms with Gasteiger partial charge in [-0.3, -0.25) is 9.59 Å². The summed E-state index contributed by atoms with van der Waals surface area (Å²) in [5.74, 6) is 0.0707. The summed E-state index contributed by atoms with van der Waals surface area (Å²) in [7, 11) is 1.97. The Morgan fingerprint density at radius 1 is 0.900 bits per heavy atom. The van der Waals surface area contributed by atoms with E-state index in [1.807, 2.05) is 54.2 Å². The van der Waals surface area contributed by atoms with Crippen LogP contribution in [0.15, 0.2) is 90.3 Å². The third kappa shape index (κ3) is 4.86. The predicted molar refractivity (Wildman–Crippen MR) is 151 cm³/mol. The second-order valence-corrected chi connectivity index (χ2v) is 11.0. The number of anilines is 1. The lowest BCUT2D eigenvalue weighted by Gasteiger charge is -2.41. The fourth-order valence-corrected chi connectivity index (χ4v) is 6.26. The number of nitrogens with zero attached hydrogens (tertiary/aromatic N) is 3. The van der Waals surface area contributed by atoms with Crippen molar-refractivity contribution in [2.75, 3.05) is 10.7 Å². The summed E-state index contributed by atoms with van der Waals surface area (Å²) in [5, 5.41) is 10.4. The van der Waals surface area contributed by atoms with Crippen molar-refractivity contribution in [3.05, 3.63) is 113 Å². The molecule has 2 aliphatic heterocycles. The highest BCUT2D eigenvalue weighted by atomic mass is 32.2. The molecule has 4 atom stereocenters. The number of amides is 2. The SMILES string of the molecule is CC1C(CSc2nccn2C)OC(c2ccc(N3C(=O)c4ccccc4C3=O)cc2)OC1c1ccc(CO)cc1. The Bertz CT molecular complexity index is 1500. The second-order valence-electron chi connectivity index (χ2n) is 10.0. The lowest BCUT2D eigenvalue weighted by atomic mass is 9.91. The number of thioether (sulfide) groups is 1. The van der Waals surface area contributed by atoms with Crippen LogP contribution in [0.1, 0.15) is 56.7 Å². The summed E-state index contributed by atoms with van der Waals surface area (Å²) < 4.78 is 15.0. The quantitative estimate of drug-likeness (QED) is 0.244. The van der Waals surface area contributed by atoms with Gasteiger partial charge in [0.05, 0.1) is 35.6 Å². The number of aromatic nitrogens is 2. The molecule has 0 radical (unpaired) electrons. The fraction of sp³-hybridized carbons (Fsp3) is 0.258. The van der Waals surface area contributed by atoms with Crippen LogP contribution >= 0.6 is 11.8 Å². The molecule has 1 aromatic heterocycles. The van der Waals surface area contributed by atoms with Crippen molar-refractivity contribution in [1.29, 1.82) is 0 Å². The standard InChI is InChI=1S/C31H29N3O5S/c1-19-26(18-40-31-32-15-16-33(31)2)38-30(39-27(19)21-9-7-20(17-35)8-10-21)22-11-13-23(14-12-22)34-28(36)24-5-3-4-6-25(24)29(34)37/h3-16,19,26-27,30,35H,17-18H2,1-2H3. The lowest BCUT2D eigenvalue weighted by Crippen LogP contribution is -2.38. The van der Waals surface area contributed by atoms with E-state index in [4.69, 9.17) is 9.47 Å². The highest BCUT2D eigenvalue weighted by Crippen LogP contribution is 2.43. The number of aliphatic hydroxyl groups is 1. The van der Waals surface area contributed by atoms with E-state index in [1.165, 1.54) is 4.90 Å². The van der Waals surface area contributed by atoms with Crippen LogP contribution < -0.4 is 4.90 Å². The minimum Gasteiger partial charge on any atom is -0.392 e. The van der Waals surface area contributed by atoms with E-state index < -0.39 is 6.29 Å². The highest BCUT2D eigenvalue weighted by Gasteiger charge is 2.39. The monoisotopic (exact) mass is 555 g/mol. The van der Waals surface area contributed by atoms with Crippen molar-refractivity contribution >= 4 is 29.3 Å². The van der Waals surface area contributed by atoms with Crippen LogP contribution in [0, 0.1) is 5.92 Å². The molecule has 3 heterocycles. The third-order valence-electron chi connectivity index (χ3n) is 7.49. The normalized spacial score (nSPS) is 22.5. The van der Waals surface area contributed by atoms with Gasteiger partial charge in [-0.25, -0.2) is 9.88 Å². The minimum absolute atomic E-state index is 0.0184. The molecular weight excluding hydrogens is 526 g/mol. The van der Waals surface area contributed by atoms with Crippen molar-refractivity contribution in [1.82, 2.24) is 9.55 Å². The molecule has 0 spiro atoms. The first-order chi connectivity index (χ1) is 19.4. The first-order valence-corrected chi connectivity index (χ1v) is 14.1. The number of rotatable bonds is 7. The van der Waals surface area contributed by atoms with Gasteiger partial charge in [0, 0.05) is 36.7 Å². The van der Waals surface area contributed by atoms with Gasteiger partial charge in [0.15, 0.2) is 11.4 Å². The Labute approximate surface area is 236 Å². The average molecular weight is 556 g/mol. The molecule has 0 saturated carbocycles. The topological polar surface area (TPSA) is 93.9 Å². The predicted octanol–water partition coefficient (Wildman–Crippen LogP) is 5.30. The molecule has 1 fully saturated rings. The molecule has 4 aromatic rings. The summed E-state index contributed by atoms with van der Waals surface area (Å²) in [6.45, 7) is 2.10. The van der Waals surface area contributed by atoms with E-state index in [2.05, 4.69) is 11.9 Å². The minimum atomic E-state index is -0.651. The van der Waals surface area contributed by atoms with Crippen LogP contribution in [0.5, 0.6) is 0 Å².